The SMILES string of the molecule is Cc1cn2c(n1)C(CNCc1cc(C#N)n(C)c1C)CCC2. The highest BCUT2D eigenvalue weighted by Crippen LogP contribution is 2.26. The molecule has 5 nitrogen and oxygen atoms in total. The largest absolute Gasteiger partial charge is 0.340 e. The first kappa shape index (κ1) is 14.9. The molecule has 3 rings (SSSR count). The Hall–Kier alpha value is -2.06. The van der Waals surface area contributed by atoms with Crippen molar-refractivity contribution in [1.29, 1.82) is 5.26 Å². The normalized spacial score (nSPS) is 17.3. The molecule has 0 aromatic carbocycles. The molecule has 1 N–H and O–H groups in total. The second-order valence-electron chi connectivity index (χ2n) is 6.21. The van der Waals surface area contributed by atoms with Crippen LogP contribution in [-0.4, -0.2) is 20.7 Å². The van der Waals surface area contributed by atoms with Crippen LogP contribution in [0.2, 0.25) is 0 Å². The van der Waals surface area contributed by atoms with Gasteiger partial charge in [-0.05, 0) is 38.3 Å². The van der Waals surface area contributed by atoms with Crippen LogP contribution < -0.4 is 5.32 Å². The number of nitriles is 1. The predicted octanol–water partition coefficient (Wildman–Crippen LogP) is 2.38. The van der Waals surface area contributed by atoms with Crippen LogP contribution in [0.3, 0.4) is 0 Å². The van der Waals surface area contributed by atoms with E-state index < -0.39 is 0 Å². The summed E-state index contributed by atoms with van der Waals surface area (Å²) < 4.78 is 4.25. The van der Waals surface area contributed by atoms with E-state index in [2.05, 4.69) is 41.0 Å². The lowest BCUT2D eigenvalue weighted by molar-refractivity contribution is 0.422. The fourth-order valence-corrected chi connectivity index (χ4v) is 3.33. The summed E-state index contributed by atoms with van der Waals surface area (Å²) in [5, 5.41) is 12.6. The van der Waals surface area contributed by atoms with Gasteiger partial charge < -0.3 is 14.5 Å². The number of nitrogens with one attached hydrogen (secondary N) is 1. The number of hydrogen-bond donors (Lipinski definition) is 1. The lowest BCUT2D eigenvalue weighted by atomic mass is 9.99. The van der Waals surface area contributed by atoms with Crippen LogP contribution in [-0.2, 0) is 20.1 Å². The summed E-state index contributed by atoms with van der Waals surface area (Å²) in [6.07, 6.45) is 4.57. The van der Waals surface area contributed by atoms with Crippen molar-refractivity contribution < 1.29 is 0 Å². The Morgan fingerprint density at radius 2 is 2.27 bits per heavy atom. The van der Waals surface area contributed by atoms with Crippen molar-refractivity contribution in [1.82, 2.24) is 19.4 Å². The summed E-state index contributed by atoms with van der Waals surface area (Å²) in [7, 11) is 1.94. The van der Waals surface area contributed by atoms with Gasteiger partial charge in [-0.15, -0.1) is 0 Å². The highest BCUT2D eigenvalue weighted by molar-refractivity contribution is 5.34. The molecular weight excluding hydrogens is 274 g/mol. The van der Waals surface area contributed by atoms with Crippen LogP contribution in [0.15, 0.2) is 12.3 Å². The summed E-state index contributed by atoms with van der Waals surface area (Å²) in [5.74, 6) is 1.71. The maximum absolute atomic E-state index is 9.09. The van der Waals surface area contributed by atoms with E-state index in [1.807, 2.05) is 17.7 Å². The van der Waals surface area contributed by atoms with Gasteiger partial charge in [0.05, 0.1) is 5.69 Å². The van der Waals surface area contributed by atoms with Gasteiger partial charge in [-0.2, -0.15) is 5.26 Å². The average molecular weight is 297 g/mol. The Morgan fingerprint density at radius 1 is 1.45 bits per heavy atom. The van der Waals surface area contributed by atoms with Gasteiger partial charge in [0, 0.05) is 44.5 Å². The maximum Gasteiger partial charge on any atom is 0.120 e. The van der Waals surface area contributed by atoms with E-state index in [1.54, 1.807) is 0 Å². The fourth-order valence-electron chi connectivity index (χ4n) is 3.33. The van der Waals surface area contributed by atoms with Gasteiger partial charge in [-0.3, -0.25) is 0 Å². The zero-order valence-corrected chi connectivity index (χ0v) is 13.6. The second kappa shape index (κ2) is 5.98. The standard InChI is InChI=1S/C17H23N5/c1-12-11-22-6-4-5-14(17(22)20-12)9-19-10-15-7-16(8-18)21(3)13(15)2/h7,11,14,19H,4-6,9-10H2,1-3H3. The Kier molecular flexibility index (Phi) is 4.04. The van der Waals surface area contributed by atoms with Crippen LogP contribution in [0.5, 0.6) is 0 Å². The molecule has 0 radical (unpaired) electrons. The van der Waals surface area contributed by atoms with Crippen molar-refractivity contribution in [3.05, 3.63) is 40.7 Å². The van der Waals surface area contributed by atoms with Gasteiger partial charge in [0.15, 0.2) is 0 Å². The molecule has 1 aliphatic heterocycles. The smallest absolute Gasteiger partial charge is 0.120 e. The lowest BCUT2D eigenvalue weighted by Gasteiger charge is -2.23. The maximum atomic E-state index is 9.09. The fraction of sp³-hybridized carbons (Fsp3) is 0.529. The molecule has 0 spiro atoms. The zero-order valence-electron chi connectivity index (χ0n) is 13.6. The average Bonchev–Trinajstić information content (AvgIpc) is 3.01. The molecule has 0 aliphatic carbocycles. The van der Waals surface area contributed by atoms with Crippen molar-refractivity contribution in [3.8, 4) is 6.07 Å². The third-order valence-electron chi connectivity index (χ3n) is 4.71. The third kappa shape index (κ3) is 2.67. The highest BCUT2D eigenvalue weighted by Gasteiger charge is 2.22. The summed E-state index contributed by atoms with van der Waals surface area (Å²) in [4.78, 5) is 4.68. The number of rotatable bonds is 4. The molecule has 0 amide bonds. The van der Waals surface area contributed by atoms with Crippen LogP contribution in [0, 0.1) is 25.2 Å². The molecule has 22 heavy (non-hydrogen) atoms. The Balaban J connectivity index is 1.64. The van der Waals surface area contributed by atoms with Gasteiger partial charge in [0.25, 0.3) is 0 Å². The third-order valence-corrected chi connectivity index (χ3v) is 4.71. The minimum atomic E-state index is 0.488. The molecule has 0 saturated heterocycles. The number of aryl methyl sites for hydroxylation is 2. The van der Waals surface area contributed by atoms with E-state index in [9.17, 15) is 0 Å². The minimum Gasteiger partial charge on any atom is -0.340 e. The van der Waals surface area contributed by atoms with Crippen molar-refractivity contribution >= 4 is 0 Å². The van der Waals surface area contributed by atoms with Crippen LogP contribution in [0.25, 0.3) is 0 Å². The Bertz CT molecular complexity index is 716. The molecule has 116 valence electrons. The van der Waals surface area contributed by atoms with E-state index in [4.69, 9.17) is 5.26 Å². The van der Waals surface area contributed by atoms with E-state index in [0.717, 1.165) is 36.7 Å². The summed E-state index contributed by atoms with van der Waals surface area (Å²) >= 11 is 0. The second-order valence-corrected chi connectivity index (χ2v) is 6.21. The number of fused-ring (bicyclic) bond motifs is 1. The van der Waals surface area contributed by atoms with Gasteiger partial charge in [-0.1, -0.05) is 0 Å². The molecule has 5 heteroatoms. The molecule has 2 aromatic rings. The Morgan fingerprint density at radius 3 is 3.00 bits per heavy atom. The topological polar surface area (TPSA) is 58.6 Å². The van der Waals surface area contributed by atoms with E-state index in [-0.39, 0.29) is 0 Å². The molecule has 0 saturated carbocycles. The molecule has 3 heterocycles. The first-order valence-electron chi connectivity index (χ1n) is 7.90. The molecular formula is C17H23N5. The lowest BCUT2D eigenvalue weighted by Crippen LogP contribution is -2.26. The number of imidazole rings is 1. The minimum absolute atomic E-state index is 0.488. The number of nitrogens with zero attached hydrogens (tertiary/aromatic N) is 4. The summed E-state index contributed by atoms with van der Waals surface area (Å²) in [5.41, 5.74) is 4.19. The molecule has 0 fully saturated rings. The summed E-state index contributed by atoms with van der Waals surface area (Å²) in [6, 6.07) is 4.21. The predicted molar refractivity (Wildman–Crippen MR) is 85.5 cm³/mol. The first-order chi connectivity index (χ1) is 10.6. The summed E-state index contributed by atoms with van der Waals surface area (Å²) in [6.45, 7) is 6.96. The van der Waals surface area contributed by atoms with Crippen LogP contribution in [0.1, 0.15) is 47.2 Å². The zero-order chi connectivity index (χ0) is 15.7. The van der Waals surface area contributed by atoms with Crippen molar-refractivity contribution in [3.63, 3.8) is 0 Å². The van der Waals surface area contributed by atoms with Gasteiger partial charge in [0.1, 0.15) is 17.6 Å². The van der Waals surface area contributed by atoms with Crippen molar-refractivity contribution in [2.75, 3.05) is 6.54 Å². The molecule has 1 aliphatic rings. The Labute approximate surface area is 131 Å². The van der Waals surface area contributed by atoms with E-state index >= 15 is 0 Å². The highest BCUT2D eigenvalue weighted by atomic mass is 15.1. The molecule has 1 unspecified atom stereocenters. The van der Waals surface area contributed by atoms with Gasteiger partial charge >= 0.3 is 0 Å². The van der Waals surface area contributed by atoms with Crippen molar-refractivity contribution in [2.24, 2.45) is 7.05 Å². The van der Waals surface area contributed by atoms with E-state index in [1.165, 1.54) is 24.2 Å². The van der Waals surface area contributed by atoms with E-state index in [0.29, 0.717) is 5.92 Å². The molecule has 0 bridgehead atoms. The number of hydrogen-bond acceptors (Lipinski definition) is 3. The van der Waals surface area contributed by atoms with Crippen LogP contribution >= 0.6 is 0 Å². The number of aromatic nitrogens is 3. The van der Waals surface area contributed by atoms with Crippen LogP contribution in [0.4, 0.5) is 0 Å². The van der Waals surface area contributed by atoms with Crippen molar-refractivity contribution in [2.45, 2.75) is 45.7 Å². The van der Waals surface area contributed by atoms with Gasteiger partial charge in [0.2, 0.25) is 0 Å². The van der Waals surface area contributed by atoms with Gasteiger partial charge in [-0.25, -0.2) is 4.98 Å². The monoisotopic (exact) mass is 297 g/mol. The quantitative estimate of drug-likeness (QED) is 0.942. The first-order valence-corrected chi connectivity index (χ1v) is 7.90. The molecule has 1 atom stereocenters. The molecule has 2 aromatic heterocycles.